The average molecular weight is 256 g/mol. The first kappa shape index (κ1) is 11.2. The lowest BCUT2D eigenvalue weighted by atomic mass is 9.86. The molecule has 98 valence electrons. The fraction of sp³-hybridized carbons (Fsp3) is 0.400. The van der Waals surface area contributed by atoms with Crippen LogP contribution < -0.4 is 0 Å². The van der Waals surface area contributed by atoms with Crippen LogP contribution in [-0.2, 0) is 4.74 Å². The Bertz CT molecular complexity index is 608. The van der Waals surface area contributed by atoms with Gasteiger partial charge < -0.3 is 14.4 Å². The van der Waals surface area contributed by atoms with Crippen LogP contribution >= 0.6 is 0 Å². The van der Waals surface area contributed by atoms with Gasteiger partial charge in [-0.05, 0) is 12.0 Å². The number of ether oxygens (including phenoxy) is 1. The van der Waals surface area contributed by atoms with Crippen molar-refractivity contribution in [1.82, 2.24) is 9.55 Å². The van der Waals surface area contributed by atoms with E-state index in [0.29, 0.717) is 19.6 Å². The zero-order chi connectivity index (χ0) is 12.8. The molecule has 0 bridgehead atoms. The molecule has 1 unspecified atom stereocenters. The maximum atomic E-state index is 10.3. The van der Waals surface area contributed by atoms with E-state index in [4.69, 9.17) is 4.74 Å². The molecule has 2 aliphatic rings. The summed E-state index contributed by atoms with van der Waals surface area (Å²) in [6.07, 6.45) is 4.17. The van der Waals surface area contributed by atoms with Gasteiger partial charge in [0.25, 0.3) is 0 Å². The van der Waals surface area contributed by atoms with Gasteiger partial charge in [0.05, 0.1) is 37.0 Å². The topological polar surface area (TPSA) is 47.3 Å². The summed E-state index contributed by atoms with van der Waals surface area (Å²) in [6, 6.07) is 8.52. The van der Waals surface area contributed by atoms with Crippen molar-refractivity contribution < 1.29 is 9.84 Å². The molecule has 0 amide bonds. The summed E-state index contributed by atoms with van der Waals surface area (Å²) in [7, 11) is 0. The molecule has 1 saturated heterocycles. The van der Waals surface area contributed by atoms with Gasteiger partial charge in [-0.15, -0.1) is 0 Å². The van der Waals surface area contributed by atoms with Crippen LogP contribution in [0.5, 0.6) is 0 Å². The lowest BCUT2D eigenvalue weighted by Gasteiger charge is -2.33. The monoisotopic (exact) mass is 256 g/mol. The second kappa shape index (κ2) is 4.18. The van der Waals surface area contributed by atoms with Gasteiger partial charge in [0.2, 0.25) is 0 Å². The number of aliphatic hydroxyl groups excluding tert-OH is 1. The second-order valence-corrected chi connectivity index (χ2v) is 5.31. The van der Waals surface area contributed by atoms with E-state index in [0.717, 1.165) is 5.69 Å². The highest BCUT2D eigenvalue weighted by molar-refractivity contribution is 5.69. The van der Waals surface area contributed by atoms with Crippen LogP contribution in [0.15, 0.2) is 36.8 Å². The smallest absolute Gasteiger partial charge is 0.0956 e. The second-order valence-electron chi connectivity index (χ2n) is 5.31. The number of imidazole rings is 1. The molecule has 2 aliphatic heterocycles. The molecule has 4 rings (SSSR count). The quantitative estimate of drug-likeness (QED) is 0.847. The molecule has 4 nitrogen and oxygen atoms in total. The van der Waals surface area contributed by atoms with Crippen LogP contribution in [0.3, 0.4) is 0 Å². The third kappa shape index (κ3) is 1.57. The van der Waals surface area contributed by atoms with Crippen LogP contribution in [0.25, 0.3) is 11.3 Å². The van der Waals surface area contributed by atoms with Crippen molar-refractivity contribution in [2.45, 2.75) is 18.6 Å². The number of hydrogen-bond donors (Lipinski definition) is 1. The molecule has 4 heteroatoms. The molecule has 1 aromatic heterocycles. The average Bonchev–Trinajstić information content (AvgIpc) is 3.00. The highest BCUT2D eigenvalue weighted by Gasteiger charge is 2.39. The molecule has 2 aromatic rings. The molecular weight excluding hydrogens is 240 g/mol. The van der Waals surface area contributed by atoms with Crippen LogP contribution in [-0.4, -0.2) is 34.0 Å². The number of rotatable bonds is 1. The fourth-order valence-electron chi connectivity index (χ4n) is 3.36. The van der Waals surface area contributed by atoms with E-state index >= 15 is 0 Å². The Kier molecular flexibility index (Phi) is 2.47. The Morgan fingerprint density at radius 3 is 3.11 bits per heavy atom. The number of benzene rings is 1. The minimum atomic E-state index is -0.305. The Hall–Kier alpha value is -1.65. The van der Waals surface area contributed by atoms with Gasteiger partial charge in [0.1, 0.15) is 0 Å². The van der Waals surface area contributed by atoms with E-state index in [-0.39, 0.29) is 18.1 Å². The summed E-state index contributed by atoms with van der Waals surface area (Å²) in [5.74, 6) is 0.102. The minimum Gasteiger partial charge on any atom is -0.393 e. The SMILES string of the molecule is O[C@@H]1CCOCC1[C@H]1c2ccccc2-c2cncn21. The first-order valence-electron chi connectivity index (χ1n) is 6.73. The van der Waals surface area contributed by atoms with E-state index in [2.05, 4.69) is 27.8 Å². The number of hydrogen-bond acceptors (Lipinski definition) is 3. The van der Waals surface area contributed by atoms with Crippen molar-refractivity contribution in [1.29, 1.82) is 0 Å². The van der Waals surface area contributed by atoms with Gasteiger partial charge in [-0.3, -0.25) is 0 Å². The van der Waals surface area contributed by atoms with Gasteiger partial charge in [-0.25, -0.2) is 4.98 Å². The van der Waals surface area contributed by atoms with Gasteiger partial charge in [0.15, 0.2) is 0 Å². The zero-order valence-electron chi connectivity index (χ0n) is 10.6. The van der Waals surface area contributed by atoms with Crippen molar-refractivity contribution in [3.8, 4) is 11.3 Å². The van der Waals surface area contributed by atoms with E-state index in [9.17, 15) is 5.11 Å². The largest absolute Gasteiger partial charge is 0.393 e. The summed E-state index contributed by atoms with van der Waals surface area (Å²) in [4.78, 5) is 4.25. The summed E-state index contributed by atoms with van der Waals surface area (Å²) >= 11 is 0. The minimum absolute atomic E-state index is 0.102. The lowest BCUT2D eigenvalue weighted by molar-refractivity contribution is -0.0481. The molecule has 1 fully saturated rings. The van der Waals surface area contributed by atoms with Crippen LogP contribution in [0.1, 0.15) is 18.0 Å². The third-order valence-electron chi connectivity index (χ3n) is 4.29. The first-order chi connectivity index (χ1) is 9.36. The predicted molar refractivity (Wildman–Crippen MR) is 70.7 cm³/mol. The Labute approximate surface area is 111 Å². The molecule has 3 heterocycles. The fourth-order valence-corrected chi connectivity index (χ4v) is 3.36. The van der Waals surface area contributed by atoms with Crippen LogP contribution in [0.4, 0.5) is 0 Å². The number of aromatic nitrogens is 2. The molecule has 0 aliphatic carbocycles. The standard InChI is InChI=1S/C15H16N2O2/c18-14-5-6-19-8-12(14)15-11-4-2-1-3-10(11)13-7-16-9-17(13)15/h1-4,7,9,12,14-15,18H,5-6,8H2/t12?,14-,15-/m1/s1. The van der Waals surface area contributed by atoms with Crippen LogP contribution in [0, 0.1) is 5.92 Å². The zero-order valence-corrected chi connectivity index (χ0v) is 10.6. The van der Waals surface area contributed by atoms with Crippen molar-refractivity contribution in [2.24, 2.45) is 5.92 Å². The highest BCUT2D eigenvalue weighted by Crippen LogP contribution is 2.44. The van der Waals surface area contributed by atoms with E-state index in [1.165, 1.54) is 11.1 Å². The van der Waals surface area contributed by atoms with Crippen molar-refractivity contribution in [2.75, 3.05) is 13.2 Å². The maximum absolute atomic E-state index is 10.3. The molecule has 3 atom stereocenters. The van der Waals surface area contributed by atoms with Crippen molar-refractivity contribution in [3.63, 3.8) is 0 Å². The number of fused-ring (bicyclic) bond motifs is 3. The van der Waals surface area contributed by atoms with Crippen molar-refractivity contribution in [3.05, 3.63) is 42.4 Å². The Morgan fingerprint density at radius 2 is 2.21 bits per heavy atom. The molecule has 19 heavy (non-hydrogen) atoms. The number of nitrogens with zero attached hydrogens (tertiary/aromatic N) is 2. The summed E-state index contributed by atoms with van der Waals surface area (Å²) in [6.45, 7) is 1.26. The normalized spacial score (nSPS) is 29.0. The molecular formula is C15H16N2O2. The Balaban J connectivity index is 1.84. The number of aliphatic hydroxyl groups is 1. The third-order valence-corrected chi connectivity index (χ3v) is 4.29. The van der Waals surface area contributed by atoms with Gasteiger partial charge in [-0.2, -0.15) is 0 Å². The Morgan fingerprint density at radius 1 is 1.32 bits per heavy atom. The molecule has 0 saturated carbocycles. The summed E-state index contributed by atoms with van der Waals surface area (Å²) < 4.78 is 7.75. The molecule has 0 radical (unpaired) electrons. The lowest BCUT2D eigenvalue weighted by Crippen LogP contribution is -2.37. The van der Waals surface area contributed by atoms with Crippen LogP contribution in [0.2, 0.25) is 0 Å². The molecule has 0 spiro atoms. The van der Waals surface area contributed by atoms with Crippen molar-refractivity contribution >= 4 is 0 Å². The van der Waals surface area contributed by atoms with E-state index in [1.807, 2.05) is 18.6 Å². The predicted octanol–water partition coefficient (Wildman–Crippen LogP) is 1.85. The molecule has 1 N–H and O–H groups in total. The maximum Gasteiger partial charge on any atom is 0.0956 e. The first-order valence-corrected chi connectivity index (χ1v) is 6.73. The van der Waals surface area contributed by atoms with Gasteiger partial charge in [-0.1, -0.05) is 24.3 Å². The highest BCUT2D eigenvalue weighted by atomic mass is 16.5. The summed E-state index contributed by atoms with van der Waals surface area (Å²) in [5.41, 5.74) is 3.63. The van der Waals surface area contributed by atoms with E-state index in [1.54, 1.807) is 0 Å². The van der Waals surface area contributed by atoms with Gasteiger partial charge >= 0.3 is 0 Å². The van der Waals surface area contributed by atoms with Gasteiger partial charge in [0, 0.05) is 18.1 Å². The molecule has 1 aromatic carbocycles. The summed E-state index contributed by atoms with van der Waals surface area (Å²) in [5, 5.41) is 10.3. The van der Waals surface area contributed by atoms with E-state index < -0.39 is 0 Å².